The first kappa shape index (κ1) is 8.92. The Morgan fingerprint density at radius 1 is 1.40 bits per heavy atom. The minimum atomic E-state index is -0.161. The lowest BCUT2D eigenvalue weighted by atomic mass is 10.2. The monoisotopic (exact) mass is 204 g/mol. The fourth-order valence-electron chi connectivity index (χ4n) is 2.42. The Morgan fingerprint density at radius 3 is 3.13 bits per heavy atom. The highest BCUT2D eigenvalue weighted by molar-refractivity contribution is 5.81. The van der Waals surface area contributed by atoms with Crippen molar-refractivity contribution < 1.29 is 4.39 Å². The molecule has 1 N–H and O–H groups in total. The van der Waals surface area contributed by atoms with Crippen molar-refractivity contribution in [2.24, 2.45) is 0 Å². The van der Waals surface area contributed by atoms with Gasteiger partial charge in [0, 0.05) is 35.7 Å². The minimum Gasteiger partial charge on any atom is -0.339 e. The van der Waals surface area contributed by atoms with Crippen molar-refractivity contribution in [3.8, 4) is 0 Å². The van der Waals surface area contributed by atoms with E-state index in [-0.39, 0.29) is 5.82 Å². The molecular weight excluding hydrogens is 191 g/mol. The molecule has 0 amide bonds. The molecule has 2 heterocycles. The van der Waals surface area contributed by atoms with E-state index < -0.39 is 0 Å². The number of hydrogen-bond acceptors (Lipinski definition) is 1. The van der Waals surface area contributed by atoms with Crippen LogP contribution in [-0.2, 0) is 6.54 Å². The maximum atomic E-state index is 13.1. The highest BCUT2D eigenvalue weighted by Crippen LogP contribution is 2.26. The number of hydrogen-bond donors (Lipinski definition) is 1. The zero-order valence-electron chi connectivity index (χ0n) is 8.63. The molecule has 1 aromatic heterocycles. The van der Waals surface area contributed by atoms with Gasteiger partial charge in [0.2, 0.25) is 0 Å². The van der Waals surface area contributed by atoms with Crippen molar-refractivity contribution in [2.75, 3.05) is 6.54 Å². The normalized spacial score (nSPS) is 20.5. The fourth-order valence-corrected chi connectivity index (χ4v) is 2.42. The molecule has 0 spiro atoms. The second-order valence-corrected chi connectivity index (χ2v) is 4.19. The van der Waals surface area contributed by atoms with E-state index in [1.54, 1.807) is 6.07 Å². The van der Waals surface area contributed by atoms with E-state index >= 15 is 0 Å². The molecule has 3 heteroatoms. The number of nitrogens with one attached hydrogen (secondary N) is 1. The van der Waals surface area contributed by atoms with Crippen molar-refractivity contribution in [3.05, 3.63) is 35.8 Å². The first-order valence-electron chi connectivity index (χ1n) is 5.26. The van der Waals surface area contributed by atoms with Gasteiger partial charge in [0.05, 0.1) is 0 Å². The van der Waals surface area contributed by atoms with Gasteiger partial charge in [0.15, 0.2) is 0 Å². The molecule has 2 aromatic rings. The first-order chi connectivity index (χ1) is 7.25. The van der Waals surface area contributed by atoms with Gasteiger partial charge in [0.1, 0.15) is 5.82 Å². The van der Waals surface area contributed by atoms with Gasteiger partial charge in [-0.05, 0) is 31.2 Å². The highest BCUT2D eigenvalue weighted by atomic mass is 19.1. The van der Waals surface area contributed by atoms with Gasteiger partial charge in [-0.15, -0.1) is 0 Å². The number of nitrogens with zero attached hydrogens (tertiary/aromatic N) is 1. The Labute approximate surface area is 87.7 Å². The molecule has 1 aliphatic rings. The summed E-state index contributed by atoms with van der Waals surface area (Å²) in [6, 6.07) is 7.52. The SMILES string of the molecule is C[C@@H]1CNCc2cc3cc(F)ccc3n21. The average Bonchev–Trinajstić information content (AvgIpc) is 2.56. The summed E-state index contributed by atoms with van der Waals surface area (Å²) < 4.78 is 15.4. The summed E-state index contributed by atoms with van der Waals surface area (Å²) in [4.78, 5) is 0. The minimum absolute atomic E-state index is 0.161. The molecule has 1 aliphatic heterocycles. The van der Waals surface area contributed by atoms with Crippen LogP contribution in [0.3, 0.4) is 0 Å². The van der Waals surface area contributed by atoms with Gasteiger partial charge in [-0.3, -0.25) is 0 Å². The van der Waals surface area contributed by atoms with Crippen LogP contribution in [0.25, 0.3) is 10.9 Å². The Hall–Kier alpha value is -1.35. The second kappa shape index (κ2) is 3.07. The number of benzene rings is 1. The first-order valence-corrected chi connectivity index (χ1v) is 5.26. The van der Waals surface area contributed by atoms with E-state index in [1.807, 2.05) is 6.07 Å². The van der Waals surface area contributed by atoms with Crippen LogP contribution in [0.15, 0.2) is 24.3 Å². The fraction of sp³-hybridized carbons (Fsp3) is 0.333. The summed E-state index contributed by atoms with van der Waals surface area (Å²) in [5.41, 5.74) is 2.38. The van der Waals surface area contributed by atoms with Gasteiger partial charge in [0.25, 0.3) is 0 Å². The van der Waals surface area contributed by atoms with Gasteiger partial charge in [-0.1, -0.05) is 0 Å². The van der Waals surface area contributed by atoms with Crippen LogP contribution in [-0.4, -0.2) is 11.1 Å². The van der Waals surface area contributed by atoms with Crippen molar-refractivity contribution in [3.63, 3.8) is 0 Å². The predicted octanol–water partition coefficient (Wildman–Crippen LogP) is 2.44. The zero-order valence-corrected chi connectivity index (χ0v) is 8.63. The quantitative estimate of drug-likeness (QED) is 0.697. The summed E-state index contributed by atoms with van der Waals surface area (Å²) in [7, 11) is 0. The van der Waals surface area contributed by atoms with Crippen molar-refractivity contribution in [1.29, 1.82) is 0 Å². The molecular formula is C12H13FN2. The van der Waals surface area contributed by atoms with Crippen LogP contribution in [0.4, 0.5) is 4.39 Å². The smallest absolute Gasteiger partial charge is 0.123 e. The molecule has 0 fully saturated rings. The lowest BCUT2D eigenvalue weighted by Gasteiger charge is -2.24. The van der Waals surface area contributed by atoms with Crippen LogP contribution in [0.2, 0.25) is 0 Å². The van der Waals surface area contributed by atoms with Crippen molar-refractivity contribution in [1.82, 2.24) is 9.88 Å². The van der Waals surface area contributed by atoms with Gasteiger partial charge < -0.3 is 9.88 Å². The van der Waals surface area contributed by atoms with E-state index in [9.17, 15) is 4.39 Å². The molecule has 1 atom stereocenters. The van der Waals surface area contributed by atoms with Crippen LogP contribution >= 0.6 is 0 Å². The summed E-state index contributed by atoms with van der Waals surface area (Å²) >= 11 is 0. The molecule has 15 heavy (non-hydrogen) atoms. The zero-order chi connectivity index (χ0) is 10.4. The molecule has 0 radical (unpaired) electrons. The van der Waals surface area contributed by atoms with E-state index in [0.29, 0.717) is 6.04 Å². The van der Waals surface area contributed by atoms with E-state index in [0.717, 1.165) is 24.0 Å². The van der Waals surface area contributed by atoms with Crippen molar-refractivity contribution >= 4 is 10.9 Å². The third-order valence-corrected chi connectivity index (χ3v) is 3.07. The molecule has 3 rings (SSSR count). The lowest BCUT2D eigenvalue weighted by molar-refractivity contribution is 0.439. The van der Waals surface area contributed by atoms with Gasteiger partial charge in [-0.2, -0.15) is 0 Å². The summed E-state index contributed by atoms with van der Waals surface area (Å²) in [5, 5.41) is 4.35. The predicted molar refractivity (Wildman–Crippen MR) is 58.3 cm³/mol. The lowest BCUT2D eigenvalue weighted by Crippen LogP contribution is -2.30. The van der Waals surface area contributed by atoms with E-state index in [1.165, 1.54) is 11.8 Å². The van der Waals surface area contributed by atoms with Crippen LogP contribution in [0, 0.1) is 5.82 Å². The summed E-state index contributed by atoms with van der Waals surface area (Å²) in [6.07, 6.45) is 0. The van der Waals surface area contributed by atoms with E-state index in [2.05, 4.69) is 22.9 Å². The largest absolute Gasteiger partial charge is 0.339 e. The van der Waals surface area contributed by atoms with Crippen LogP contribution in [0.1, 0.15) is 18.7 Å². The Balaban J connectivity index is 2.32. The molecule has 0 saturated carbocycles. The standard InChI is InChI=1S/C12H13FN2/c1-8-6-14-7-11-5-9-4-10(13)2-3-12(9)15(8)11/h2-5,8,14H,6-7H2,1H3/t8-/m1/s1. The van der Waals surface area contributed by atoms with Crippen LogP contribution in [0.5, 0.6) is 0 Å². The third kappa shape index (κ3) is 1.27. The number of halogens is 1. The molecule has 0 aliphatic carbocycles. The maximum absolute atomic E-state index is 13.1. The Bertz CT molecular complexity index is 516. The molecule has 78 valence electrons. The summed E-state index contributed by atoms with van der Waals surface area (Å²) in [6.45, 7) is 4.03. The van der Waals surface area contributed by atoms with Gasteiger partial charge in [-0.25, -0.2) is 4.39 Å². The highest BCUT2D eigenvalue weighted by Gasteiger charge is 2.17. The van der Waals surface area contributed by atoms with E-state index in [4.69, 9.17) is 0 Å². The number of aromatic nitrogens is 1. The number of rotatable bonds is 0. The molecule has 0 saturated heterocycles. The Morgan fingerprint density at radius 2 is 2.27 bits per heavy atom. The molecule has 1 aromatic carbocycles. The molecule has 0 unspecified atom stereocenters. The topological polar surface area (TPSA) is 17.0 Å². The Kier molecular flexibility index (Phi) is 1.83. The second-order valence-electron chi connectivity index (χ2n) is 4.19. The van der Waals surface area contributed by atoms with Gasteiger partial charge >= 0.3 is 0 Å². The summed E-state index contributed by atoms with van der Waals surface area (Å²) in [5.74, 6) is -0.161. The molecule has 2 nitrogen and oxygen atoms in total. The average molecular weight is 204 g/mol. The third-order valence-electron chi connectivity index (χ3n) is 3.07. The number of fused-ring (bicyclic) bond motifs is 3. The molecule has 0 bridgehead atoms. The maximum Gasteiger partial charge on any atom is 0.123 e. The van der Waals surface area contributed by atoms with Crippen LogP contribution < -0.4 is 5.32 Å². The van der Waals surface area contributed by atoms with Crippen molar-refractivity contribution in [2.45, 2.75) is 19.5 Å².